The second kappa shape index (κ2) is 7.06. The predicted molar refractivity (Wildman–Crippen MR) is 84.2 cm³/mol. The van der Waals surface area contributed by atoms with Crippen molar-refractivity contribution in [1.82, 2.24) is 5.06 Å². The molecule has 0 bridgehead atoms. The van der Waals surface area contributed by atoms with Gasteiger partial charge >= 0.3 is 6.03 Å². The Balaban J connectivity index is 1.99. The fourth-order valence-electron chi connectivity index (χ4n) is 1.63. The van der Waals surface area contributed by atoms with Gasteiger partial charge in [-0.25, -0.2) is 4.79 Å². The second-order valence-electron chi connectivity index (χ2n) is 4.54. The van der Waals surface area contributed by atoms with Gasteiger partial charge in [0, 0.05) is 11.0 Å². The van der Waals surface area contributed by atoms with Crippen LogP contribution in [0.15, 0.2) is 51.8 Å². The molecule has 0 aliphatic heterocycles. The van der Waals surface area contributed by atoms with Crippen LogP contribution in [-0.2, 0) is 0 Å². The number of carbonyl (C=O) groups excluding carboxylic acids is 1. The number of carbonyl (C=O) groups is 1. The molecule has 0 saturated heterocycles. The summed E-state index contributed by atoms with van der Waals surface area (Å²) >= 11 is 4.19. The van der Waals surface area contributed by atoms with Gasteiger partial charge in [-0.3, -0.25) is 5.21 Å². The van der Waals surface area contributed by atoms with Crippen molar-refractivity contribution in [3.63, 3.8) is 0 Å². The van der Waals surface area contributed by atoms with Gasteiger partial charge < -0.3 is 14.9 Å². The van der Waals surface area contributed by atoms with Crippen LogP contribution >= 0.6 is 12.6 Å². The number of urea groups is 1. The zero-order valence-corrected chi connectivity index (χ0v) is 12.7. The maximum Gasteiger partial charge on any atom is 0.339 e. The van der Waals surface area contributed by atoms with Crippen LogP contribution in [0.2, 0.25) is 0 Å². The highest BCUT2D eigenvalue weighted by molar-refractivity contribution is 7.80. The monoisotopic (exact) mass is 320 g/mol. The lowest BCUT2D eigenvalue weighted by Gasteiger charge is -2.16. The molecule has 0 saturated carbocycles. The number of hydroxylamine groups is 2. The van der Waals surface area contributed by atoms with Gasteiger partial charge in [-0.15, -0.1) is 12.6 Å². The number of hydrogen-bond acceptors (Lipinski definition) is 5. The molecule has 1 heterocycles. The van der Waals surface area contributed by atoms with E-state index in [0.29, 0.717) is 22.5 Å². The number of primary amides is 1. The second-order valence-corrected chi connectivity index (χ2v) is 5.05. The Morgan fingerprint density at radius 1 is 1.36 bits per heavy atom. The van der Waals surface area contributed by atoms with Crippen molar-refractivity contribution < 1.29 is 19.2 Å². The van der Waals surface area contributed by atoms with E-state index in [2.05, 4.69) is 12.6 Å². The van der Waals surface area contributed by atoms with Crippen LogP contribution in [0.4, 0.5) is 4.79 Å². The molecule has 6 nitrogen and oxygen atoms in total. The van der Waals surface area contributed by atoms with Crippen LogP contribution < -0.4 is 10.5 Å². The molecule has 2 rings (SSSR count). The summed E-state index contributed by atoms with van der Waals surface area (Å²) in [5, 5.41) is 9.77. The summed E-state index contributed by atoms with van der Waals surface area (Å²) in [5.41, 5.74) is 4.96. The number of nitrogens with two attached hydrogens (primary N) is 1. The van der Waals surface area contributed by atoms with Crippen LogP contribution in [0.3, 0.4) is 0 Å². The van der Waals surface area contributed by atoms with Crippen molar-refractivity contribution in [1.29, 1.82) is 0 Å². The zero-order valence-electron chi connectivity index (χ0n) is 11.8. The Hall–Kier alpha value is -2.38. The molecule has 1 aromatic carbocycles. The average molecular weight is 320 g/mol. The van der Waals surface area contributed by atoms with Gasteiger partial charge in [-0.05, 0) is 43.3 Å². The summed E-state index contributed by atoms with van der Waals surface area (Å²) < 4.78 is 11.0. The Morgan fingerprint density at radius 2 is 2.05 bits per heavy atom. The lowest BCUT2D eigenvalue weighted by Crippen LogP contribution is -2.38. The molecule has 1 aromatic heterocycles. The van der Waals surface area contributed by atoms with Crippen LogP contribution in [0.25, 0.3) is 6.08 Å². The Kier molecular flexibility index (Phi) is 5.13. The third-order valence-corrected chi connectivity index (χ3v) is 3.11. The number of amides is 2. The maximum absolute atomic E-state index is 10.8. The maximum atomic E-state index is 10.8. The standard InChI is InChI=1S/C15H16N2O4S/c1-10(17(19)15(16)18)2-3-11-6-9-14(20-11)21-12-4-7-13(22)8-5-12/h2-10,19,22H,1H3,(H2,16,18)/b3-2+. The number of nitrogens with zero attached hydrogens (tertiary/aromatic N) is 1. The fourth-order valence-corrected chi connectivity index (χ4v) is 1.77. The van der Waals surface area contributed by atoms with Gasteiger partial charge in [0.2, 0.25) is 0 Å². The van der Waals surface area contributed by atoms with E-state index in [4.69, 9.17) is 14.9 Å². The third-order valence-electron chi connectivity index (χ3n) is 2.81. The molecule has 0 fully saturated rings. The summed E-state index contributed by atoms with van der Waals surface area (Å²) in [4.78, 5) is 11.6. The van der Waals surface area contributed by atoms with Crippen LogP contribution in [-0.4, -0.2) is 22.3 Å². The summed E-state index contributed by atoms with van der Waals surface area (Å²) in [5.74, 6) is 1.48. The molecule has 0 spiro atoms. The SMILES string of the molecule is CC(/C=C/c1ccc(Oc2ccc(S)cc2)o1)N(O)C(N)=O. The minimum Gasteiger partial charge on any atom is -0.426 e. The molecule has 22 heavy (non-hydrogen) atoms. The van der Waals surface area contributed by atoms with Crippen LogP contribution in [0.1, 0.15) is 12.7 Å². The number of rotatable bonds is 5. The zero-order chi connectivity index (χ0) is 16.1. The highest BCUT2D eigenvalue weighted by Gasteiger charge is 2.11. The molecule has 0 aliphatic carbocycles. The van der Waals surface area contributed by atoms with Gasteiger partial charge in [0.1, 0.15) is 11.5 Å². The first kappa shape index (κ1) is 16.0. The topological polar surface area (TPSA) is 88.9 Å². The number of benzene rings is 1. The molecule has 116 valence electrons. The lowest BCUT2D eigenvalue weighted by molar-refractivity contribution is -0.0560. The Bertz CT molecular complexity index is 666. The largest absolute Gasteiger partial charge is 0.426 e. The van der Waals surface area contributed by atoms with Gasteiger partial charge in [0.25, 0.3) is 5.95 Å². The molecule has 0 radical (unpaired) electrons. The van der Waals surface area contributed by atoms with Gasteiger partial charge in [0.05, 0.1) is 6.04 Å². The molecule has 2 amide bonds. The van der Waals surface area contributed by atoms with Gasteiger partial charge in [0.15, 0.2) is 0 Å². The van der Waals surface area contributed by atoms with E-state index in [-0.39, 0.29) is 0 Å². The van der Waals surface area contributed by atoms with E-state index in [9.17, 15) is 10.0 Å². The van der Waals surface area contributed by atoms with Crippen molar-refractivity contribution in [2.45, 2.75) is 17.9 Å². The highest BCUT2D eigenvalue weighted by Crippen LogP contribution is 2.25. The Morgan fingerprint density at radius 3 is 2.68 bits per heavy atom. The van der Waals surface area contributed by atoms with Gasteiger partial charge in [-0.2, -0.15) is 5.06 Å². The summed E-state index contributed by atoms with van der Waals surface area (Å²) in [7, 11) is 0. The first-order chi connectivity index (χ1) is 10.5. The van der Waals surface area contributed by atoms with Crippen molar-refractivity contribution in [3.8, 4) is 11.7 Å². The van der Waals surface area contributed by atoms with Crippen LogP contribution in [0, 0.1) is 0 Å². The average Bonchev–Trinajstić information content (AvgIpc) is 2.94. The number of furan rings is 1. The quantitative estimate of drug-likeness (QED) is 0.447. The summed E-state index contributed by atoms with van der Waals surface area (Å²) in [6.07, 6.45) is 3.18. The smallest absolute Gasteiger partial charge is 0.339 e. The molecule has 0 aliphatic rings. The fraction of sp³-hybridized carbons (Fsp3) is 0.133. The van der Waals surface area contributed by atoms with Crippen molar-refractivity contribution in [2.75, 3.05) is 0 Å². The molecule has 1 atom stereocenters. The molecular weight excluding hydrogens is 304 g/mol. The molecule has 1 unspecified atom stereocenters. The molecule has 2 aromatic rings. The van der Waals surface area contributed by atoms with E-state index in [1.165, 1.54) is 0 Å². The van der Waals surface area contributed by atoms with E-state index >= 15 is 0 Å². The summed E-state index contributed by atoms with van der Waals surface area (Å²) in [6, 6.07) is 9.05. The highest BCUT2D eigenvalue weighted by atomic mass is 32.1. The lowest BCUT2D eigenvalue weighted by atomic mass is 10.3. The molecule has 3 N–H and O–H groups in total. The van der Waals surface area contributed by atoms with Crippen molar-refractivity contribution >= 4 is 24.7 Å². The number of ether oxygens (including phenoxy) is 1. The first-order valence-corrected chi connectivity index (χ1v) is 6.93. The normalized spacial score (nSPS) is 12.3. The minimum atomic E-state index is -0.923. The van der Waals surface area contributed by atoms with Crippen molar-refractivity contribution in [3.05, 3.63) is 48.2 Å². The molecular formula is C15H16N2O4S. The summed E-state index contributed by atoms with van der Waals surface area (Å²) in [6.45, 7) is 1.61. The van der Waals surface area contributed by atoms with E-state index in [0.717, 1.165) is 4.90 Å². The number of thiol groups is 1. The van der Waals surface area contributed by atoms with E-state index in [1.807, 2.05) is 12.1 Å². The van der Waals surface area contributed by atoms with Crippen molar-refractivity contribution in [2.24, 2.45) is 5.73 Å². The minimum absolute atomic E-state index is 0.329. The first-order valence-electron chi connectivity index (χ1n) is 6.48. The predicted octanol–water partition coefficient (Wildman–Crippen LogP) is 3.53. The number of hydrogen-bond donors (Lipinski definition) is 3. The molecule has 7 heteroatoms. The van der Waals surface area contributed by atoms with Crippen LogP contribution in [0.5, 0.6) is 11.7 Å². The Labute approximate surface area is 133 Å². The van der Waals surface area contributed by atoms with E-state index in [1.54, 1.807) is 43.3 Å². The van der Waals surface area contributed by atoms with Gasteiger partial charge in [-0.1, -0.05) is 6.08 Å². The third kappa shape index (κ3) is 4.31. The van der Waals surface area contributed by atoms with E-state index < -0.39 is 12.1 Å².